The highest BCUT2D eigenvalue weighted by Gasteiger charge is 2.32. The molecule has 1 amide bonds. The molecule has 0 atom stereocenters. The summed E-state index contributed by atoms with van der Waals surface area (Å²) in [5.74, 6) is -0.365. The number of hydrogen-bond acceptors (Lipinski definition) is 3. The van der Waals surface area contributed by atoms with Crippen LogP contribution in [0.5, 0.6) is 5.75 Å². The molecule has 3 N–H and O–H groups in total. The van der Waals surface area contributed by atoms with Gasteiger partial charge >= 0.3 is 6.18 Å². The van der Waals surface area contributed by atoms with Crippen molar-refractivity contribution >= 4 is 16.8 Å². The number of fused-ring (bicyclic) bond motifs is 1. The number of carbonyl (C=O) groups excluding carboxylic acids is 1. The fraction of sp³-hybridized carbons (Fsp3) is 0.125. The summed E-state index contributed by atoms with van der Waals surface area (Å²) in [6.45, 7) is 0. The van der Waals surface area contributed by atoms with Crippen LogP contribution in [0.4, 0.5) is 13.2 Å². The van der Waals surface area contributed by atoms with Crippen molar-refractivity contribution in [2.45, 2.75) is 6.18 Å². The molecule has 0 aliphatic heterocycles. The molecule has 1 aromatic heterocycles. The van der Waals surface area contributed by atoms with E-state index in [1.54, 1.807) is 0 Å². The molecule has 124 valence electrons. The van der Waals surface area contributed by atoms with Crippen LogP contribution >= 0.6 is 0 Å². The number of aromatic nitrogens is 2. The lowest BCUT2D eigenvalue weighted by Gasteiger charge is -2.14. The average molecular weight is 335 g/mol. The topological polar surface area (TPSA) is 81.0 Å². The van der Waals surface area contributed by atoms with E-state index in [-0.39, 0.29) is 16.6 Å². The zero-order valence-electron chi connectivity index (χ0n) is 12.4. The maximum atomic E-state index is 13.2. The van der Waals surface area contributed by atoms with Gasteiger partial charge in [0.05, 0.1) is 24.4 Å². The third kappa shape index (κ3) is 2.66. The maximum absolute atomic E-state index is 13.2. The molecule has 0 unspecified atom stereocenters. The van der Waals surface area contributed by atoms with Crippen molar-refractivity contribution in [3.8, 4) is 16.9 Å². The van der Waals surface area contributed by atoms with Gasteiger partial charge in [0.25, 0.3) is 0 Å². The Balaban J connectivity index is 2.34. The molecule has 0 spiro atoms. The van der Waals surface area contributed by atoms with Crippen molar-refractivity contribution in [3.05, 3.63) is 47.7 Å². The third-order valence-corrected chi connectivity index (χ3v) is 3.66. The standard InChI is InChI=1S/C16H12F3N3O2/c1-24-14-3-2-8(15(20)23)4-11(14)10-5-9(16(17,18)19)6-13-12(10)7-21-22-13/h2-7H,1H3,(H2,20,23)(H,21,22). The summed E-state index contributed by atoms with van der Waals surface area (Å²) in [5, 5.41) is 6.81. The highest BCUT2D eigenvalue weighted by Crippen LogP contribution is 2.40. The van der Waals surface area contributed by atoms with Crippen LogP contribution in [0, 0.1) is 0 Å². The van der Waals surface area contributed by atoms with Crippen LogP contribution in [0.1, 0.15) is 15.9 Å². The Labute approximate surface area is 134 Å². The smallest absolute Gasteiger partial charge is 0.416 e. The van der Waals surface area contributed by atoms with Gasteiger partial charge in [-0.15, -0.1) is 0 Å². The minimum atomic E-state index is -4.53. The highest BCUT2D eigenvalue weighted by atomic mass is 19.4. The number of nitrogens with zero attached hydrogens (tertiary/aromatic N) is 1. The van der Waals surface area contributed by atoms with Crippen LogP contribution in [0.2, 0.25) is 0 Å². The number of benzene rings is 2. The Morgan fingerprint density at radius 1 is 1.21 bits per heavy atom. The lowest BCUT2D eigenvalue weighted by atomic mass is 9.96. The summed E-state index contributed by atoms with van der Waals surface area (Å²) in [6.07, 6.45) is -3.11. The van der Waals surface area contributed by atoms with Crippen molar-refractivity contribution < 1.29 is 22.7 Å². The van der Waals surface area contributed by atoms with Gasteiger partial charge in [-0.25, -0.2) is 0 Å². The molecular weight excluding hydrogens is 323 g/mol. The van der Waals surface area contributed by atoms with E-state index in [2.05, 4.69) is 10.2 Å². The van der Waals surface area contributed by atoms with E-state index in [1.807, 2.05) is 0 Å². The van der Waals surface area contributed by atoms with Gasteiger partial charge in [0.2, 0.25) is 5.91 Å². The monoisotopic (exact) mass is 335 g/mol. The number of rotatable bonds is 3. The van der Waals surface area contributed by atoms with Gasteiger partial charge in [-0.3, -0.25) is 9.89 Å². The summed E-state index contributed by atoms with van der Waals surface area (Å²) >= 11 is 0. The van der Waals surface area contributed by atoms with Crippen LogP contribution in [0.25, 0.3) is 22.0 Å². The number of amides is 1. The predicted octanol–water partition coefficient (Wildman–Crippen LogP) is 3.36. The van der Waals surface area contributed by atoms with Gasteiger partial charge in [-0.1, -0.05) is 0 Å². The number of aromatic amines is 1. The summed E-state index contributed by atoms with van der Waals surface area (Å²) in [6, 6.07) is 6.33. The van der Waals surface area contributed by atoms with Crippen molar-refractivity contribution in [2.75, 3.05) is 7.11 Å². The Kier molecular flexibility index (Phi) is 3.67. The summed E-state index contributed by atoms with van der Waals surface area (Å²) in [4.78, 5) is 11.4. The highest BCUT2D eigenvalue weighted by molar-refractivity contribution is 6.00. The number of ether oxygens (including phenoxy) is 1. The number of carbonyl (C=O) groups is 1. The molecule has 0 aliphatic carbocycles. The molecule has 3 rings (SSSR count). The number of nitrogens with one attached hydrogen (secondary N) is 1. The summed E-state index contributed by atoms with van der Waals surface area (Å²) in [5.41, 5.74) is 5.40. The average Bonchev–Trinajstić information content (AvgIpc) is 3.00. The van der Waals surface area contributed by atoms with Gasteiger partial charge in [-0.2, -0.15) is 18.3 Å². The van der Waals surface area contributed by atoms with E-state index in [1.165, 1.54) is 31.5 Å². The minimum Gasteiger partial charge on any atom is -0.496 e. The van der Waals surface area contributed by atoms with Gasteiger partial charge in [0.15, 0.2) is 0 Å². The van der Waals surface area contributed by atoms with Gasteiger partial charge < -0.3 is 10.5 Å². The summed E-state index contributed by atoms with van der Waals surface area (Å²) in [7, 11) is 1.39. The normalized spacial score (nSPS) is 11.7. The molecule has 1 heterocycles. The molecule has 2 aromatic carbocycles. The number of methoxy groups -OCH3 is 1. The number of primary amides is 1. The molecule has 5 nitrogen and oxygen atoms in total. The molecule has 0 fully saturated rings. The first-order chi connectivity index (χ1) is 11.3. The van der Waals surface area contributed by atoms with Gasteiger partial charge in [0.1, 0.15) is 5.75 Å². The van der Waals surface area contributed by atoms with E-state index < -0.39 is 17.6 Å². The van der Waals surface area contributed by atoms with Crippen LogP contribution < -0.4 is 10.5 Å². The van der Waals surface area contributed by atoms with E-state index in [4.69, 9.17) is 10.5 Å². The molecule has 0 saturated carbocycles. The Morgan fingerprint density at radius 3 is 2.58 bits per heavy atom. The fourth-order valence-electron chi connectivity index (χ4n) is 2.51. The molecule has 0 bridgehead atoms. The molecule has 8 heteroatoms. The van der Waals surface area contributed by atoms with Crippen LogP contribution in [0.3, 0.4) is 0 Å². The van der Waals surface area contributed by atoms with Crippen LogP contribution in [-0.2, 0) is 6.18 Å². The lowest BCUT2D eigenvalue weighted by molar-refractivity contribution is -0.137. The summed E-state index contributed by atoms with van der Waals surface area (Å²) < 4.78 is 44.7. The number of nitrogens with two attached hydrogens (primary N) is 1. The number of halogens is 3. The third-order valence-electron chi connectivity index (χ3n) is 3.66. The van der Waals surface area contributed by atoms with Crippen molar-refractivity contribution in [3.63, 3.8) is 0 Å². The fourth-order valence-corrected chi connectivity index (χ4v) is 2.51. The minimum absolute atomic E-state index is 0.167. The first-order valence-corrected chi connectivity index (χ1v) is 6.84. The second kappa shape index (κ2) is 5.55. The van der Waals surface area contributed by atoms with Crippen molar-refractivity contribution in [2.24, 2.45) is 5.73 Å². The second-order valence-corrected chi connectivity index (χ2v) is 5.13. The molecule has 0 saturated heterocycles. The van der Waals surface area contributed by atoms with E-state index in [9.17, 15) is 18.0 Å². The number of H-pyrrole nitrogens is 1. The molecular formula is C16H12F3N3O2. The lowest BCUT2D eigenvalue weighted by Crippen LogP contribution is -2.11. The first kappa shape index (κ1) is 15.9. The van der Waals surface area contributed by atoms with Gasteiger partial charge in [0, 0.05) is 16.5 Å². The van der Waals surface area contributed by atoms with Crippen LogP contribution in [0.15, 0.2) is 36.5 Å². The first-order valence-electron chi connectivity index (χ1n) is 6.84. The predicted molar refractivity (Wildman–Crippen MR) is 81.6 cm³/mol. The Morgan fingerprint density at radius 2 is 1.96 bits per heavy atom. The van der Waals surface area contributed by atoms with E-state index in [0.29, 0.717) is 16.7 Å². The number of alkyl halides is 3. The molecule has 3 aromatic rings. The van der Waals surface area contributed by atoms with Crippen LogP contribution in [-0.4, -0.2) is 23.2 Å². The quantitative estimate of drug-likeness (QED) is 0.770. The number of hydrogen-bond donors (Lipinski definition) is 2. The molecule has 0 radical (unpaired) electrons. The van der Waals surface area contributed by atoms with Gasteiger partial charge in [-0.05, 0) is 35.9 Å². The van der Waals surface area contributed by atoms with E-state index in [0.717, 1.165) is 12.1 Å². The molecule has 24 heavy (non-hydrogen) atoms. The largest absolute Gasteiger partial charge is 0.496 e. The SMILES string of the molecule is COc1ccc(C(N)=O)cc1-c1cc(C(F)(F)F)cc2[nH]ncc12. The Bertz CT molecular complexity index is 932. The van der Waals surface area contributed by atoms with Crippen molar-refractivity contribution in [1.82, 2.24) is 10.2 Å². The zero-order chi connectivity index (χ0) is 17.5. The maximum Gasteiger partial charge on any atom is 0.416 e. The molecule has 0 aliphatic rings. The van der Waals surface area contributed by atoms with Crippen molar-refractivity contribution in [1.29, 1.82) is 0 Å². The second-order valence-electron chi connectivity index (χ2n) is 5.13. The van der Waals surface area contributed by atoms with E-state index >= 15 is 0 Å². The zero-order valence-corrected chi connectivity index (χ0v) is 12.4. The Hall–Kier alpha value is -3.03.